The molecule has 3 heterocycles. The zero-order valence-corrected chi connectivity index (χ0v) is 15.9. The minimum absolute atomic E-state index is 0.0461. The molecule has 5 nitrogen and oxygen atoms in total. The highest BCUT2D eigenvalue weighted by molar-refractivity contribution is 6.05. The van der Waals surface area contributed by atoms with Gasteiger partial charge in [0.25, 0.3) is 5.91 Å². The average Bonchev–Trinajstić information content (AvgIpc) is 3.30. The zero-order chi connectivity index (χ0) is 19.2. The molecule has 0 atom stereocenters. The highest BCUT2D eigenvalue weighted by atomic mass is 16.3. The number of pyridine rings is 1. The Morgan fingerprint density at radius 1 is 1.07 bits per heavy atom. The number of furan rings is 1. The molecule has 3 aromatic rings. The molecule has 0 bridgehead atoms. The van der Waals surface area contributed by atoms with Crippen molar-refractivity contribution >= 4 is 11.7 Å². The maximum Gasteiger partial charge on any atom is 0.262 e. The lowest BCUT2D eigenvalue weighted by molar-refractivity contribution is 0.0958. The van der Waals surface area contributed by atoms with Crippen molar-refractivity contribution < 1.29 is 9.21 Å². The summed E-state index contributed by atoms with van der Waals surface area (Å²) in [5, 5.41) is 0. The van der Waals surface area contributed by atoms with Gasteiger partial charge in [-0.2, -0.15) is 0 Å². The molecule has 1 saturated heterocycles. The second kappa shape index (κ2) is 8.85. The fourth-order valence-electron chi connectivity index (χ4n) is 3.81. The number of amides is 1. The lowest BCUT2D eigenvalue weighted by Gasteiger charge is -2.38. The van der Waals surface area contributed by atoms with Crippen molar-refractivity contribution in [2.24, 2.45) is 0 Å². The van der Waals surface area contributed by atoms with Crippen molar-refractivity contribution in [3.8, 4) is 0 Å². The number of benzene rings is 1. The average molecular weight is 375 g/mol. The van der Waals surface area contributed by atoms with E-state index >= 15 is 0 Å². The summed E-state index contributed by atoms with van der Waals surface area (Å²) in [5.74, 6) is 0.659. The number of likely N-dealkylation sites (tertiary alicyclic amines) is 1. The van der Waals surface area contributed by atoms with Crippen LogP contribution in [0.3, 0.4) is 0 Å². The largest absolute Gasteiger partial charge is 0.472 e. The fourth-order valence-corrected chi connectivity index (χ4v) is 3.81. The summed E-state index contributed by atoms with van der Waals surface area (Å²) in [6, 6.07) is 18.2. The first kappa shape index (κ1) is 18.4. The Bertz CT molecular complexity index is 857. The summed E-state index contributed by atoms with van der Waals surface area (Å²) in [6.45, 7) is 3.02. The number of rotatable bonds is 6. The van der Waals surface area contributed by atoms with E-state index in [2.05, 4.69) is 40.2 Å². The minimum atomic E-state index is -0.0461. The fraction of sp³-hybridized carbons (Fsp3) is 0.304. The molecule has 1 fully saturated rings. The molecule has 0 unspecified atom stereocenters. The predicted octanol–water partition coefficient (Wildman–Crippen LogP) is 4.03. The van der Waals surface area contributed by atoms with Crippen molar-refractivity contribution in [1.82, 2.24) is 9.88 Å². The van der Waals surface area contributed by atoms with Gasteiger partial charge in [-0.1, -0.05) is 36.4 Å². The summed E-state index contributed by atoms with van der Waals surface area (Å²) in [6.07, 6.45) is 7.72. The van der Waals surface area contributed by atoms with Crippen molar-refractivity contribution in [2.45, 2.75) is 25.3 Å². The number of hydrogen-bond acceptors (Lipinski definition) is 4. The molecule has 0 radical (unpaired) electrons. The van der Waals surface area contributed by atoms with E-state index in [4.69, 9.17) is 4.42 Å². The number of piperidine rings is 1. The molecule has 5 heteroatoms. The molecule has 1 aliphatic rings. The standard InChI is InChI=1S/C23H25N3O2/c27-23(20-12-17-28-18-20)26(22-8-4-5-13-24-22)21-10-15-25(16-11-21)14-9-19-6-2-1-3-7-19/h1-8,12-13,17-18,21H,9-11,14-16H2. The minimum Gasteiger partial charge on any atom is -0.472 e. The molecule has 28 heavy (non-hydrogen) atoms. The van der Waals surface area contributed by atoms with Gasteiger partial charge in [0.15, 0.2) is 0 Å². The Balaban J connectivity index is 1.42. The SMILES string of the molecule is O=C(c1ccoc1)N(c1ccccn1)C1CCN(CCc2ccccc2)CC1. The lowest BCUT2D eigenvalue weighted by atomic mass is 10.0. The topological polar surface area (TPSA) is 49.6 Å². The Morgan fingerprint density at radius 2 is 1.86 bits per heavy atom. The van der Waals surface area contributed by atoms with Crippen LogP contribution >= 0.6 is 0 Å². The monoisotopic (exact) mass is 375 g/mol. The molecule has 4 rings (SSSR count). The molecule has 0 aliphatic carbocycles. The van der Waals surface area contributed by atoms with Gasteiger partial charge >= 0.3 is 0 Å². The van der Waals surface area contributed by atoms with E-state index in [1.54, 1.807) is 12.3 Å². The number of carbonyl (C=O) groups is 1. The van der Waals surface area contributed by atoms with Crippen molar-refractivity contribution in [1.29, 1.82) is 0 Å². The van der Waals surface area contributed by atoms with Crippen LogP contribution in [0.15, 0.2) is 77.7 Å². The van der Waals surface area contributed by atoms with Gasteiger partial charge in [0, 0.05) is 31.9 Å². The predicted molar refractivity (Wildman–Crippen MR) is 109 cm³/mol. The summed E-state index contributed by atoms with van der Waals surface area (Å²) >= 11 is 0. The lowest BCUT2D eigenvalue weighted by Crippen LogP contribution is -2.48. The molecular formula is C23H25N3O2. The molecule has 0 saturated carbocycles. The van der Waals surface area contributed by atoms with E-state index in [9.17, 15) is 4.79 Å². The third kappa shape index (κ3) is 4.31. The third-order valence-corrected chi connectivity index (χ3v) is 5.36. The van der Waals surface area contributed by atoms with E-state index in [1.807, 2.05) is 23.1 Å². The van der Waals surface area contributed by atoms with E-state index in [-0.39, 0.29) is 11.9 Å². The van der Waals surface area contributed by atoms with Crippen LogP contribution in [0.1, 0.15) is 28.8 Å². The first-order valence-corrected chi connectivity index (χ1v) is 9.84. The van der Waals surface area contributed by atoms with Gasteiger partial charge in [0.2, 0.25) is 0 Å². The van der Waals surface area contributed by atoms with Gasteiger partial charge in [-0.05, 0) is 43.0 Å². The number of anilines is 1. The van der Waals surface area contributed by atoms with Crippen molar-refractivity contribution in [3.05, 3.63) is 84.4 Å². The Kier molecular flexibility index (Phi) is 5.83. The number of hydrogen-bond donors (Lipinski definition) is 0. The Hall–Kier alpha value is -2.92. The maximum absolute atomic E-state index is 13.1. The third-order valence-electron chi connectivity index (χ3n) is 5.36. The molecule has 0 N–H and O–H groups in total. The van der Waals surface area contributed by atoms with E-state index < -0.39 is 0 Å². The second-order valence-corrected chi connectivity index (χ2v) is 7.18. The summed E-state index contributed by atoms with van der Waals surface area (Å²) in [4.78, 5) is 21.9. The van der Waals surface area contributed by atoms with E-state index in [1.165, 1.54) is 18.1 Å². The van der Waals surface area contributed by atoms with Crippen LogP contribution in [-0.2, 0) is 6.42 Å². The zero-order valence-electron chi connectivity index (χ0n) is 15.9. The van der Waals surface area contributed by atoms with E-state index in [0.717, 1.165) is 38.9 Å². The molecule has 2 aromatic heterocycles. The Morgan fingerprint density at radius 3 is 2.54 bits per heavy atom. The van der Waals surface area contributed by atoms with Crippen LogP contribution in [0.5, 0.6) is 0 Å². The first-order valence-electron chi connectivity index (χ1n) is 9.84. The van der Waals surface area contributed by atoms with Gasteiger partial charge in [0.1, 0.15) is 12.1 Å². The van der Waals surface area contributed by atoms with Gasteiger partial charge < -0.3 is 9.32 Å². The van der Waals surface area contributed by atoms with Crippen LogP contribution in [0.4, 0.5) is 5.82 Å². The summed E-state index contributed by atoms with van der Waals surface area (Å²) in [7, 11) is 0. The van der Waals surface area contributed by atoms with Crippen LogP contribution in [-0.4, -0.2) is 41.5 Å². The molecule has 0 spiro atoms. The van der Waals surface area contributed by atoms with Crippen molar-refractivity contribution in [2.75, 3.05) is 24.5 Å². The molecule has 1 amide bonds. The molecule has 1 aromatic carbocycles. The molecular weight excluding hydrogens is 350 g/mol. The number of aromatic nitrogens is 1. The van der Waals surface area contributed by atoms with Gasteiger partial charge in [-0.15, -0.1) is 0 Å². The molecule has 1 aliphatic heterocycles. The van der Waals surface area contributed by atoms with Gasteiger partial charge in [0.05, 0.1) is 11.8 Å². The first-order chi connectivity index (χ1) is 13.8. The van der Waals surface area contributed by atoms with Gasteiger partial charge in [-0.25, -0.2) is 4.98 Å². The van der Waals surface area contributed by atoms with Crippen molar-refractivity contribution in [3.63, 3.8) is 0 Å². The van der Waals surface area contributed by atoms with Crippen LogP contribution in [0.2, 0.25) is 0 Å². The van der Waals surface area contributed by atoms with Crippen LogP contribution in [0, 0.1) is 0 Å². The number of nitrogens with zero attached hydrogens (tertiary/aromatic N) is 3. The van der Waals surface area contributed by atoms with Crippen LogP contribution < -0.4 is 4.90 Å². The summed E-state index contributed by atoms with van der Waals surface area (Å²) < 4.78 is 5.12. The number of carbonyl (C=O) groups excluding carboxylic acids is 1. The van der Waals surface area contributed by atoms with E-state index in [0.29, 0.717) is 11.4 Å². The second-order valence-electron chi connectivity index (χ2n) is 7.18. The smallest absolute Gasteiger partial charge is 0.262 e. The highest BCUT2D eigenvalue weighted by Crippen LogP contribution is 2.24. The van der Waals surface area contributed by atoms with Crippen LogP contribution in [0.25, 0.3) is 0 Å². The maximum atomic E-state index is 13.1. The Labute approximate surface area is 165 Å². The quantitative estimate of drug-likeness (QED) is 0.653. The highest BCUT2D eigenvalue weighted by Gasteiger charge is 2.30. The summed E-state index contributed by atoms with van der Waals surface area (Å²) in [5.41, 5.74) is 1.94. The molecule has 144 valence electrons. The van der Waals surface area contributed by atoms with Gasteiger partial charge in [-0.3, -0.25) is 9.69 Å². The normalized spacial score (nSPS) is 15.4.